The summed E-state index contributed by atoms with van der Waals surface area (Å²) in [6, 6.07) is 18.8. The van der Waals surface area contributed by atoms with E-state index < -0.39 is 0 Å². The lowest BCUT2D eigenvalue weighted by Gasteiger charge is -2.16. The Bertz CT molecular complexity index is 1070. The monoisotopic (exact) mass is 573 g/mol. The number of nitrogens with zero attached hydrogens (tertiary/aromatic N) is 2. The Morgan fingerprint density at radius 1 is 1.09 bits per heavy atom. The van der Waals surface area contributed by atoms with Gasteiger partial charge in [-0.1, -0.05) is 48.5 Å². The summed E-state index contributed by atoms with van der Waals surface area (Å²) in [6.45, 7) is 6.02. The Kier molecular flexibility index (Phi) is 10.2. The zero-order chi connectivity index (χ0) is 22.9. The van der Waals surface area contributed by atoms with Crippen molar-refractivity contribution in [2.45, 2.75) is 32.6 Å². The van der Waals surface area contributed by atoms with Crippen molar-refractivity contribution in [1.82, 2.24) is 20.5 Å². The Balaban J connectivity index is 0.00000324. The first-order chi connectivity index (χ1) is 16.2. The summed E-state index contributed by atoms with van der Waals surface area (Å²) in [6.07, 6.45) is 5.66. The first-order valence-corrected chi connectivity index (χ1v) is 12.1. The van der Waals surface area contributed by atoms with Crippen LogP contribution in [0.1, 0.15) is 30.9 Å². The van der Waals surface area contributed by atoms with Gasteiger partial charge in [0.25, 0.3) is 0 Å². The van der Waals surface area contributed by atoms with Gasteiger partial charge in [0.2, 0.25) is 5.91 Å². The zero-order valence-electron chi connectivity index (χ0n) is 19.9. The average Bonchev–Trinajstić information content (AvgIpc) is 3.42. The number of likely N-dealkylation sites (tertiary alicyclic amines) is 1. The number of aromatic amines is 1. The van der Waals surface area contributed by atoms with Gasteiger partial charge in [-0.05, 0) is 43.4 Å². The molecule has 1 saturated heterocycles. The molecule has 2 heterocycles. The molecule has 1 amide bonds. The average molecular weight is 574 g/mol. The molecule has 0 bridgehead atoms. The van der Waals surface area contributed by atoms with Crippen LogP contribution in [-0.2, 0) is 17.6 Å². The molecule has 0 spiro atoms. The maximum absolute atomic E-state index is 12.4. The fraction of sp³-hybridized carbons (Fsp3) is 0.407. The molecule has 1 aromatic heterocycles. The fourth-order valence-electron chi connectivity index (χ4n) is 4.49. The molecule has 1 atom stereocenters. The zero-order valence-corrected chi connectivity index (χ0v) is 22.3. The van der Waals surface area contributed by atoms with Crippen molar-refractivity contribution < 1.29 is 4.79 Å². The van der Waals surface area contributed by atoms with Gasteiger partial charge in [0.15, 0.2) is 5.96 Å². The van der Waals surface area contributed by atoms with Crippen LogP contribution in [0.2, 0.25) is 0 Å². The van der Waals surface area contributed by atoms with Gasteiger partial charge in [-0.3, -0.25) is 9.79 Å². The largest absolute Gasteiger partial charge is 0.361 e. The summed E-state index contributed by atoms with van der Waals surface area (Å²) in [5, 5.41) is 8.09. The van der Waals surface area contributed by atoms with E-state index in [1.54, 1.807) is 0 Å². The molecule has 2 aromatic carbocycles. The number of benzene rings is 2. The molecular weight excluding hydrogens is 537 g/mol. The van der Waals surface area contributed by atoms with E-state index in [0.29, 0.717) is 13.0 Å². The lowest BCUT2D eigenvalue weighted by Crippen LogP contribution is -2.38. The molecular formula is C27H36IN5O. The fourth-order valence-corrected chi connectivity index (χ4v) is 4.49. The lowest BCUT2D eigenvalue weighted by molar-refractivity contribution is -0.127. The molecule has 0 aliphatic carbocycles. The van der Waals surface area contributed by atoms with Crippen LogP contribution in [-0.4, -0.2) is 54.5 Å². The summed E-state index contributed by atoms with van der Waals surface area (Å²) in [4.78, 5) is 22.6. The van der Waals surface area contributed by atoms with Gasteiger partial charge in [0.05, 0.1) is 0 Å². The Morgan fingerprint density at radius 2 is 1.88 bits per heavy atom. The molecule has 3 N–H and O–H groups in total. The van der Waals surface area contributed by atoms with Crippen LogP contribution in [0.3, 0.4) is 0 Å². The number of aryl methyl sites for hydroxylation is 1. The van der Waals surface area contributed by atoms with Crippen LogP contribution in [0.4, 0.5) is 0 Å². The summed E-state index contributed by atoms with van der Waals surface area (Å²) in [5.41, 5.74) is 3.83. The maximum Gasteiger partial charge on any atom is 0.223 e. The Hall–Kier alpha value is -2.55. The summed E-state index contributed by atoms with van der Waals surface area (Å²) in [5.74, 6) is 1.38. The van der Waals surface area contributed by atoms with E-state index in [-0.39, 0.29) is 35.8 Å². The number of para-hydroxylation sites is 1. The molecule has 1 aliphatic rings. The number of aliphatic imine (C=N–C) groups is 1. The van der Waals surface area contributed by atoms with Crippen molar-refractivity contribution in [2.24, 2.45) is 10.9 Å². The standard InChI is InChI=1S/C27H35N5O.HI/c1-2-28-27(29-15-8-11-23-19-30-25-13-7-6-12-24(23)25)31-18-22-17-26(33)32(20-22)16-14-21-9-4-3-5-10-21;/h3-7,9-10,12-13,19,22,30H,2,8,11,14-18,20H2,1H3,(H2,28,29,31);1H. The number of hydrogen-bond acceptors (Lipinski definition) is 2. The van der Waals surface area contributed by atoms with E-state index in [1.807, 2.05) is 11.0 Å². The maximum atomic E-state index is 12.4. The number of hydrogen-bond donors (Lipinski definition) is 3. The molecule has 7 heteroatoms. The smallest absolute Gasteiger partial charge is 0.223 e. The third-order valence-electron chi connectivity index (χ3n) is 6.25. The Labute approximate surface area is 219 Å². The topological polar surface area (TPSA) is 72.5 Å². The molecule has 0 saturated carbocycles. The molecule has 0 radical (unpaired) electrons. The number of fused-ring (bicyclic) bond motifs is 1. The van der Waals surface area contributed by atoms with Gasteiger partial charge in [-0.25, -0.2) is 0 Å². The van der Waals surface area contributed by atoms with Gasteiger partial charge in [0.1, 0.15) is 0 Å². The highest BCUT2D eigenvalue weighted by atomic mass is 127. The number of amides is 1. The molecule has 3 aromatic rings. The van der Waals surface area contributed by atoms with E-state index >= 15 is 0 Å². The van der Waals surface area contributed by atoms with Gasteiger partial charge in [-0.15, -0.1) is 24.0 Å². The van der Waals surface area contributed by atoms with Gasteiger partial charge < -0.3 is 20.5 Å². The van der Waals surface area contributed by atoms with Crippen molar-refractivity contribution in [2.75, 3.05) is 32.7 Å². The van der Waals surface area contributed by atoms with E-state index in [4.69, 9.17) is 4.99 Å². The number of rotatable bonds is 10. The summed E-state index contributed by atoms with van der Waals surface area (Å²) in [7, 11) is 0. The molecule has 1 aliphatic heterocycles. The molecule has 1 fully saturated rings. The summed E-state index contributed by atoms with van der Waals surface area (Å²) >= 11 is 0. The molecule has 182 valence electrons. The van der Waals surface area contributed by atoms with Crippen LogP contribution in [0.25, 0.3) is 10.9 Å². The quantitative estimate of drug-likeness (QED) is 0.146. The minimum absolute atomic E-state index is 0. The minimum Gasteiger partial charge on any atom is -0.361 e. The first-order valence-electron chi connectivity index (χ1n) is 12.1. The highest BCUT2D eigenvalue weighted by Gasteiger charge is 2.29. The van der Waals surface area contributed by atoms with E-state index in [1.165, 1.54) is 22.0 Å². The van der Waals surface area contributed by atoms with Crippen molar-refractivity contribution in [1.29, 1.82) is 0 Å². The second-order valence-electron chi connectivity index (χ2n) is 8.75. The second-order valence-corrected chi connectivity index (χ2v) is 8.75. The lowest BCUT2D eigenvalue weighted by atomic mass is 10.1. The highest BCUT2D eigenvalue weighted by Crippen LogP contribution is 2.19. The number of nitrogens with one attached hydrogen (secondary N) is 3. The van der Waals surface area contributed by atoms with E-state index in [0.717, 1.165) is 51.4 Å². The number of H-pyrrole nitrogens is 1. The van der Waals surface area contributed by atoms with E-state index in [9.17, 15) is 4.79 Å². The highest BCUT2D eigenvalue weighted by molar-refractivity contribution is 14.0. The number of aromatic nitrogens is 1. The second kappa shape index (κ2) is 13.4. The molecule has 1 unspecified atom stereocenters. The van der Waals surface area contributed by atoms with Gasteiger partial charge in [-0.2, -0.15) is 0 Å². The SMILES string of the molecule is CCNC(=NCC1CC(=O)N(CCc2ccccc2)C1)NCCCc1c[nH]c2ccccc12.I. The third kappa shape index (κ3) is 7.22. The Morgan fingerprint density at radius 3 is 2.71 bits per heavy atom. The third-order valence-corrected chi connectivity index (χ3v) is 6.25. The van der Waals surface area contributed by atoms with Crippen molar-refractivity contribution >= 4 is 46.7 Å². The number of carbonyl (C=O) groups excluding carboxylic acids is 1. The summed E-state index contributed by atoms with van der Waals surface area (Å²) < 4.78 is 0. The van der Waals surface area contributed by atoms with Crippen LogP contribution in [0.15, 0.2) is 65.8 Å². The minimum atomic E-state index is 0. The van der Waals surface area contributed by atoms with Gasteiger partial charge >= 0.3 is 0 Å². The number of halogens is 1. The van der Waals surface area contributed by atoms with Crippen LogP contribution in [0.5, 0.6) is 0 Å². The van der Waals surface area contributed by atoms with Crippen LogP contribution >= 0.6 is 24.0 Å². The van der Waals surface area contributed by atoms with Crippen molar-refractivity contribution in [3.63, 3.8) is 0 Å². The molecule has 4 rings (SSSR count). The molecule has 34 heavy (non-hydrogen) atoms. The molecule has 6 nitrogen and oxygen atoms in total. The number of guanidine groups is 1. The van der Waals surface area contributed by atoms with Crippen molar-refractivity contribution in [3.8, 4) is 0 Å². The number of carbonyl (C=O) groups is 1. The van der Waals surface area contributed by atoms with E-state index in [2.05, 4.69) is 77.3 Å². The van der Waals surface area contributed by atoms with Crippen molar-refractivity contribution in [3.05, 3.63) is 71.9 Å². The predicted octanol–water partition coefficient (Wildman–Crippen LogP) is 4.36. The van der Waals surface area contributed by atoms with Crippen LogP contribution < -0.4 is 10.6 Å². The normalized spacial score (nSPS) is 16.0. The van der Waals surface area contributed by atoms with Crippen LogP contribution in [0, 0.1) is 5.92 Å². The van der Waals surface area contributed by atoms with Gasteiger partial charge in [0, 0.05) is 62.2 Å². The predicted molar refractivity (Wildman–Crippen MR) is 151 cm³/mol. The first kappa shape index (κ1) is 26.1.